The van der Waals surface area contributed by atoms with Crippen LogP contribution < -0.4 is 10.6 Å². The van der Waals surface area contributed by atoms with E-state index in [1.165, 1.54) is 13.0 Å². The van der Waals surface area contributed by atoms with E-state index in [9.17, 15) is 14.0 Å². The Balaban J connectivity index is 2.02. The molecule has 112 valence electrons. The SMILES string of the molecule is CC(=O)Nc1ccc(-c2cc3c(cc2C)NC(=O)C3)cc1F. The second-order valence-corrected chi connectivity index (χ2v) is 5.43. The number of anilines is 2. The summed E-state index contributed by atoms with van der Waals surface area (Å²) in [5.74, 6) is -0.828. The van der Waals surface area contributed by atoms with Gasteiger partial charge in [-0.05, 0) is 53.4 Å². The van der Waals surface area contributed by atoms with Crippen molar-refractivity contribution < 1.29 is 14.0 Å². The Hall–Kier alpha value is -2.69. The Kier molecular flexibility index (Phi) is 3.41. The van der Waals surface area contributed by atoms with E-state index < -0.39 is 5.82 Å². The Morgan fingerprint density at radius 2 is 2.05 bits per heavy atom. The number of fused-ring (bicyclic) bond motifs is 1. The number of hydrogen-bond donors (Lipinski definition) is 2. The zero-order valence-electron chi connectivity index (χ0n) is 12.3. The summed E-state index contributed by atoms with van der Waals surface area (Å²) in [7, 11) is 0. The Morgan fingerprint density at radius 3 is 2.73 bits per heavy atom. The number of rotatable bonds is 2. The van der Waals surface area contributed by atoms with E-state index in [-0.39, 0.29) is 17.5 Å². The summed E-state index contributed by atoms with van der Waals surface area (Å²) >= 11 is 0. The minimum Gasteiger partial charge on any atom is -0.326 e. The van der Waals surface area contributed by atoms with Crippen LogP contribution >= 0.6 is 0 Å². The number of carbonyl (C=O) groups excluding carboxylic acids is 2. The number of benzene rings is 2. The summed E-state index contributed by atoms with van der Waals surface area (Å²) in [6.07, 6.45) is 0.342. The first-order valence-corrected chi connectivity index (χ1v) is 6.95. The van der Waals surface area contributed by atoms with Crippen molar-refractivity contribution in [1.82, 2.24) is 0 Å². The highest BCUT2D eigenvalue weighted by atomic mass is 19.1. The van der Waals surface area contributed by atoms with Crippen LogP contribution in [-0.4, -0.2) is 11.8 Å². The molecule has 2 aromatic carbocycles. The topological polar surface area (TPSA) is 58.2 Å². The van der Waals surface area contributed by atoms with Crippen LogP contribution in [0, 0.1) is 12.7 Å². The van der Waals surface area contributed by atoms with Crippen LogP contribution in [0.3, 0.4) is 0 Å². The summed E-state index contributed by atoms with van der Waals surface area (Å²) in [4.78, 5) is 22.5. The minimum absolute atomic E-state index is 0.0289. The zero-order chi connectivity index (χ0) is 15.9. The fourth-order valence-corrected chi connectivity index (χ4v) is 2.67. The van der Waals surface area contributed by atoms with Crippen molar-refractivity contribution in [2.24, 2.45) is 0 Å². The monoisotopic (exact) mass is 298 g/mol. The summed E-state index contributed by atoms with van der Waals surface area (Å²) in [6.45, 7) is 3.25. The van der Waals surface area contributed by atoms with Gasteiger partial charge in [-0.1, -0.05) is 6.07 Å². The lowest BCUT2D eigenvalue weighted by atomic mass is 9.96. The lowest BCUT2D eigenvalue weighted by molar-refractivity contribution is -0.115. The van der Waals surface area contributed by atoms with Gasteiger partial charge in [0, 0.05) is 12.6 Å². The van der Waals surface area contributed by atoms with Gasteiger partial charge < -0.3 is 10.6 Å². The maximum Gasteiger partial charge on any atom is 0.228 e. The molecule has 2 N–H and O–H groups in total. The Morgan fingerprint density at radius 1 is 1.27 bits per heavy atom. The molecule has 2 aromatic rings. The first-order chi connectivity index (χ1) is 10.4. The number of carbonyl (C=O) groups is 2. The van der Waals surface area contributed by atoms with E-state index in [0.29, 0.717) is 12.0 Å². The molecule has 0 spiro atoms. The highest BCUT2D eigenvalue weighted by molar-refractivity contribution is 6.00. The maximum atomic E-state index is 14.1. The second kappa shape index (κ2) is 5.26. The van der Waals surface area contributed by atoms with E-state index in [1.54, 1.807) is 12.1 Å². The Labute approximate surface area is 127 Å². The molecular weight excluding hydrogens is 283 g/mol. The summed E-state index contributed by atoms with van der Waals surface area (Å²) < 4.78 is 14.1. The van der Waals surface area contributed by atoms with E-state index in [1.807, 2.05) is 19.1 Å². The van der Waals surface area contributed by atoms with Crippen LogP contribution in [0.4, 0.5) is 15.8 Å². The molecule has 2 amide bonds. The summed E-state index contributed by atoms with van der Waals surface area (Å²) in [5, 5.41) is 5.24. The van der Waals surface area contributed by atoms with Crippen LogP contribution in [0.2, 0.25) is 0 Å². The molecule has 0 fully saturated rings. The third kappa shape index (κ3) is 2.57. The van der Waals surface area contributed by atoms with Gasteiger partial charge in [-0.3, -0.25) is 9.59 Å². The van der Waals surface area contributed by atoms with Crippen molar-refractivity contribution >= 4 is 23.2 Å². The van der Waals surface area contributed by atoms with Gasteiger partial charge >= 0.3 is 0 Å². The van der Waals surface area contributed by atoms with E-state index in [0.717, 1.165) is 22.4 Å². The fourth-order valence-electron chi connectivity index (χ4n) is 2.67. The van der Waals surface area contributed by atoms with E-state index >= 15 is 0 Å². The molecule has 5 heteroatoms. The molecular formula is C17H15FN2O2. The first kappa shape index (κ1) is 14.3. The van der Waals surface area contributed by atoms with Crippen molar-refractivity contribution in [2.45, 2.75) is 20.3 Å². The third-order valence-electron chi connectivity index (χ3n) is 3.67. The second-order valence-electron chi connectivity index (χ2n) is 5.43. The van der Waals surface area contributed by atoms with Crippen molar-refractivity contribution in [3.8, 4) is 11.1 Å². The van der Waals surface area contributed by atoms with Crippen LogP contribution in [0.1, 0.15) is 18.1 Å². The standard InChI is InChI=1S/C17H15FN2O2/c1-9-5-16-12(8-17(22)20-16)6-13(9)11-3-4-15(14(18)7-11)19-10(2)21/h3-7H,8H2,1-2H3,(H,19,21)(H,20,22). The van der Waals surface area contributed by atoms with Gasteiger partial charge in [-0.15, -0.1) is 0 Å². The Bertz CT molecular complexity index is 799. The number of amides is 2. The van der Waals surface area contributed by atoms with E-state index in [2.05, 4.69) is 10.6 Å². The molecule has 1 aliphatic rings. The number of halogens is 1. The molecule has 22 heavy (non-hydrogen) atoms. The number of nitrogens with one attached hydrogen (secondary N) is 2. The van der Waals surface area contributed by atoms with Gasteiger partial charge in [-0.2, -0.15) is 0 Å². The number of hydrogen-bond acceptors (Lipinski definition) is 2. The molecule has 4 nitrogen and oxygen atoms in total. The van der Waals surface area contributed by atoms with E-state index in [4.69, 9.17) is 0 Å². The molecule has 0 bridgehead atoms. The molecule has 0 saturated heterocycles. The average molecular weight is 298 g/mol. The molecule has 1 heterocycles. The molecule has 0 saturated carbocycles. The van der Waals surface area contributed by atoms with Gasteiger partial charge in [0.2, 0.25) is 11.8 Å². The van der Waals surface area contributed by atoms with Crippen LogP contribution in [0.25, 0.3) is 11.1 Å². The molecule has 0 aliphatic carbocycles. The van der Waals surface area contributed by atoms with Crippen molar-refractivity contribution in [1.29, 1.82) is 0 Å². The minimum atomic E-state index is -0.484. The zero-order valence-corrected chi connectivity index (χ0v) is 12.3. The molecule has 0 unspecified atom stereocenters. The largest absolute Gasteiger partial charge is 0.326 e. The summed E-state index contributed by atoms with van der Waals surface area (Å²) in [5.41, 5.74) is 4.44. The summed E-state index contributed by atoms with van der Waals surface area (Å²) in [6, 6.07) is 8.50. The normalized spacial score (nSPS) is 12.8. The predicted octanol–water partition coefficient (Wildman–Crippen LogP) is 3.25. The third-order valence-corrected chi connectivity index (χ3v) is 3.67. The highest BCUT2D eigenvalue weighted by Gasteiger charge is 2.19. The smallest absolute Gasteiger partial charge is 0.228 e. The van der Waals surface area contributed by atoms with Gasteiger partial charge in [0.15, 0.2) is 0 Å². The van der Waals surface area contributed by atoms with Crippen molar-refractivity contribution in [3.63, 3.8) is 0 Å². The lowest BCUT2D eigenvalue weighted by Crippen LogP contribution is -2.07. The van der Waals surface area contributed by atoms with Crippen molar-refractivity contribution in [3.05, 3.63) is 47.3 Å². The van der Waals surface area contributed by atoms with Crippen LogP contribution in [0.5, 0.6) is 0 Å². The maximum absolute atomic E-state index is 14.1. The molecule has 0 radical (unpaired) electrons. The van der Waals surface area contributed by atoms with Gasteiger partial charge in [0.05, 0.1) is 12.1 Å². The molecule has 0 atom stereocenters. The molecule has 3 rings (SSSR count). The predicted molar refractivity (Wildman–Crippen MR) is 83.2 cm³/mol. The average Bonchev–Trinajstić information content (AvgIpc) is 2.79. The fraction of sp³-hybridized carbons (Fsp3) is 0.176. The first-order valence-electron chi connectivity index (χ1n) is 6.95. The molecule has 0 aromatic heterocycles. The number of aryl methyl sites for hydroxylation is 1. The van der Waals surface area contributed by atoms with Gasteiger partial charge in [0.1, 0.15) is 5.82 Å². The highest BCUT2D eigenvalue weighted by Crippen LogP contribution is 2.33. The van der Waals surface area contributed by atoms with Gasteiger partial charge in [-0.25, -0.2) is 4.39 Å². The van der Waals surface area contributed by atoms with Gasteiger partial charge in [0.25, 0.3) is 0 Å². The van der Waals surface area contributed by atoms with Crippen molar-refractivity contribution in [2.75, 3.05) is 10.6 Å². The van der Waals surface area contributed by atoms with Crippen LogP contribution in [-0.2, 0) is 16.0 Å². The molecule has 1 aliphatic heterocycles. The van der Waals surface area contributed by atoms with Crippen LogP contribution in [0.15, 0.2) is 30.3 Å². The quantitative estimate of drug-likeness (QED) is 0.894. The lowest BCUT2D eigenvalue weighted by Gasteiger charge is -2.11.